The molecule has 4 nitrogen and oxygen atoms in total. The largest absolute Gasteiger partial charge is 0.339 e. The zero-order valence-corrected chi connectivity index (χ0v) is 15.7. The monoisotopic (exact) mass is 369 g/mol. The molecule has 2 aliphatic rings. The van der Waals surface area contributed by atoms with Crippen molar-refractivity contribution in [3.63, 3.8) is 0 Å². The van der Waals surface area contributed by atoms with Gasteiger partial charge in [-0.3, -0.25) is 9.78 Å². The van der Waals surface area contributed by atoms with Gasteiger partial charge in [-0.1, -0.05) is 23.7 Å². The number of amides is 1. The summed E-state index contributed by atoms with van der Waals surface area (Å²) in [5.41, 5.74) is 2.51. The maximum absolute atomic E-state index is 12.9. The van der Waals surface area contributed by atoms with Crippen LogP contribution in [0.5, 0.6) is 0 Å². The van der Waals surface area contributed by atoms with E-state index in [4.69, 9.17) is 11.6 Å². The summed E-state index contributed by atoms with van der Waals surface area (Å²) in [4.78, 5) is 21.9. The van der Waals surface area contributed by atoms with Crippen LogP contribution in [-0.2, 0) is 0 Å². The lowest BCUT2D eigenvalue weighted by atomic mass is 10.0. The summed E-state index contributed by atoms with van der Waals surface area (Å²) in [6.07, 6.45) is 6.46. The molecule has 26 heavy (non-hydrogen) atoms. The van der Waals surface area contributed by atoms with E-state index in [1.54, 1.807) is 6.20 Å². The molecule has 0 radical (unpaired) electrons. The minimum atomic E-state index is 0.126. The number of halogens is 1. The molecule has 0 aliphatic carbocycles. The van der Waals surface area contributed by atoms with Crippen molar-refractivity contribution in [2.24, 2.45) is 0 Å². The fraction of sp³-hybridized carbons (Fsp3) is 0.429. The number of benzene rings is 1. The summed E-state index contributed by atoms with van der Waals surface area (Å²) in [5.74, 6) is 0.126. The van der Waals surface area contributed by atoms with Gasteiger partial charge >= 0.3 is 0 Å². The Bertz CT molecular complexity index is 763. The van der Waals surface area contributed by atoms with Crippen LogP contribution in [0.15, 0.2) is 42.6 Å². The average Bonchev–Trinajstić information content (AvgIpc) is 3.23. The van der Waals surface area contributed by atoms with Gasteiger partial charge in [-0.2, -0.15) is 0 Å². The topological polar surface area (TPSA) is 36.4 Å². The lowest BCUT2D eigenvalue weighted by Gasteiger charge is -2.36. The van der Waals surface area contributed by atoms with E-state index >= 15 is 0 Å². The maximum atomic E-state index is 12.9. The van der Waals surface area contributed by atoms with Gasteiger partial charge in [-0.25, -0.2) is 0 Å². The molecule has 0 bridgehead atoms. The molecule has 1 amide bonds. The molecule has 0 spiro atoms. The van der Waals surface area contributed by atoms with Crippen LogP contribution in [0.4, 0.5) is 0 Å². The first-order valence-corrected chi connectivity index (χ1v) is 9.84. The van der Waals surface area contributed by atoms with Gasteiger partial charge in [0.15, 0.2) is 0 Å². The zero-order chi connectivity index (χ0) is 17.9. The van der Waals surface area contributed by atoms with Gasteiger partial charge in [0.05, 0.1) is 10.7 Å². The highest BCUT2D eigenvalue weighted by molar-refractivity contribution is 6.30. The summed E-state index contributed by atoms with van der Waals surface area (Å²) < 4.78 is 0. The predicted octanol–water partition coefficient (Wildman–Crippen LogP) is 4.10. The Hall–Kier alpha value is -1.91. The molecule has 0 saturated carbocycles. The van der Waals surface area contributed by atoms with Gasteiger partial charge in [0.2, 0.25) is 0 Å². The molecule has 1 aromatic carbocycles. The standard InChI is InChI=1S/C21H24ClN3O/c22-18-6-7-20(23-15-18)16-4-3-5-17(14-16)21(26)25-12-8-19(9-13-25)24-10-1-2-11-24/h3-7,14-15,19H,1-2,8-13H2. The van der Waals surface area contributed by atoms with Crippen LogP contribution in [0.1, 0.15) is 36.0 Å². The number of carbonyl (C=O) groups excluding carboxylic acids is 1. The number of carbonyl (C=O) groups is 1. The number of nitrogens with zero attached hydrogens (tertiary/aromatic N) is 3. The van der Waals surface area contributed by atoms with Gasteiger partial charge in [0, 0.05) is 36.5 Å². The molecule has 0 atom stereocenters. The number of hydrogen-bond acceptors (Lipinski definition) is 3. The van der Waals surface area contributed by atoms with Crippen molar-refractivity contribution in [3.8, 4) is 11.3 Å². The Labute approximate surface area is 159 Å². The Morgan fingerprint density at radius 2 is 1.81 bits per heavy atom. The third-order valence-corrected chi connectivity index (χ3v) is 5.76. The van der Waals surface area contributed by atoms with E-state index in [9.17, 15) is 4.79 Å². The molecule has 0 unspecified atom stereocenters. The van der Waals surface area contributed by atoms with Crippen molar-refractivity contribution in [1.29, 1.82) is 0 Å². The second-order valence-electron chi connectivity index (χ2n) is 7.21. The molecular weight excluding hydrogens is 346 g/mol. The van der Waals surface area contributed by atoms with Gasteiger partial charge in [-0.15, -0.1) is 0 Å². The van der Waals surface area contributed by atoms with Gasteiger partial charge in [-0.05, 0) is 63.0 Å². The fourth-order valence-corrected chi connectivity index (χ4v) is 4.19. The van der Waals surface area contributed by atoms with Crippen molar-refractivity contribution in [1.82, 2.24) is 14.8 Å². The van der Waals surface area contributed by atoms with Crippen molar-refractivity contribution in [2.45, 2.75) is 31.7 Å². The van der Waals surface area contributed by atoms with Crippen LogP contribution in [0, 0.1) is 0 Å². The lowest BCUT2D eigenvalue weighted by molar-refractivity contribution is 0.0644. The molecule has 2 fully saturated rings. The third kappa shape index (κ3) is 3.76. The summed E-state index contributed by atoms with van der Waals surface area (Å²) >= 11 is 5.91. The number of hydrogen-bond donors (Lipinski definition) is 0. The first kappa shape index (κ1) is 17.5. The Balaban J connectivity index is 1.43. The van der Waals surface area contributed by atoms with E-state index in [-0.39, 0.29) is 5.91 Å². The average molecular weight is 370 g/mol. The van der Waals surface area contributed by atoms with E-state index in [1.807, 2.05) is 41.3 Å². The molecule has 3 heterocycles. The lowest BCUT2D eigenvalue weighted by Crippen LogP contribution is -2.45. The van der Waals surface area contributed by atoms with E-state index in [1.165, 1.54) is 25.9 Å². The van der Waals surface area contributed by atoms with Crippen LogP contribution < -0.4 is 0 Å². The predicted molar refractivity (Wildman–Crippen MR) is 104 cm³/mol. The van der Waals surface area contributed by atoms with E-state index < -0.39 is 0 Å². The highest BCUT2D eigenvalue weighted by atomic mass is 35.5. The number of pyridine rings is 1. The van der Waals surface area contributed by atoms with E-state index in [2.05, 4.69) is 9.88 Å². The Kier molecular flexibility index (Phi) is 5.23. The van der Waals surface area contributed by atoms with Crippen molar-refractivity contribution in [3.05, 3.63) is 53.2 Å². The van der Waals surface area contributed by atoms with Crippen molar-refractivity contribution < 1.29 is 4.79 Å². The number of aromatic nitrogens is 1. The number of piperidine rings is 1. The smallest absolute Gasteiger partial charge is 0.253 e. The van der Waals surface area contributed by atoms with Crippen LogP contribution >= 0.6 is 11.6 Å². The second-order valence-corrected chi connectivity index (χ2v) is 7.65. The number of rotatable bonds is 3. The van der Waals surface area contributed by atoms with Crippen LogP contribution in [0.2, 0.25) is 5.02 Å². The van der Waals surface area contributed by atoms with Crippen LogP contribution in [0.25, 0.3) is 11.3 Å². The molecular formula is C21H24ClN3O. The summed E-state index contributed by atoms with van der Waals surface area (Å²) in [7, 11) is 0. The Morgan fingerprint density at radius 3 is 2.50 bits per heavy atom. The molecule has 136 valence electrons. The first-order chi connectivity index (χ1) is 12.7. The molecule has 2 aliphatic heterocycles. The molecule has 0 N–H and O–H groups in total. The highest BCUT2D eigenvalue weighted by Crippen LogP contribution is 2.24. The van der Waals surface area contributed by atoms with Crippen LogP contribution in [-0.4, -0.2) is 52.9 Å². The van der Waals surface area contributed by atoms with E-state index in [0.717, 1.165) is 42.8 Å². The third-order valence-electron chi connectivity index (χ3n) is 5.54. The minimum Gasteiger partial charge on any atom is -0.339 e. The molecule has 2 aromatic rings. The van der Waals surface area contributed by atoms with E-state index in [0.29, 0.717) is 11.1 Å². The van der Waals surface area contributed by atoms with Gasteiger partial charge in [0.25, 0.3) is 5.91 Å². The maximum Gasteiger partial charge on any atom is 0.253 e. The van der Waals surface area contributed by atoms with Gasteiger partial charge < -0.3 is 9.80 Å². The number of likely N-dealkylation sites (tertiary alicyclic amines) is 2. The van der Waals surface area contributed by atoms with Crippen molar-refractivity contribution in [2.75, 3.05) is 26.2 Å². The summed E-state index contributed by atoms with van der Waals surface area (Å²) in [6.45, 7) is 4.16. The minimum absolute atomic E-state index is 0.126. The molecule has 2 saturated heterocycles. The first-order valence-electron chi connectivity index (χ1n) is 9.46. The molecule has 1 aromatic heterocycles. The second kappa shape index (κ2) is 7.77. The Morgan fingerprint density at radius 1 is 1.04 bits per heavy atom. The molecule has 4 rings (SSSR count). The summed E-state index contributed by atoms with van der Waals surface area (Å²) in [5, 5.41) is 0.613. The van der Waals surface area contributed by atoms with Crippen LogP contribution in [0.3, 0.4) is 0 Å². The quantitative estimate of drug-likeness (QED) is 0.817. The van der Waals surface area contributed by atoms with Crippen molar-refractivity contribution >= 4 is 17.5 Å². The fourth-order valence-electron chi connectivity index (χ4n) is 4.08. The van der Waals surface area contributed by atoms with Gasteiger partial charge in [0.1, 0.15) is 0 Å². The highest BCUT2D eigenvalue weighted by Gasteiger charge is 2.28. The normalized spacial score (nSPS) is 19.0. The zero-order valence-electron chi connectivity index (χ0n) is 14.9. The molecule has 5 heteroatoms. The summed E-state index contributed by atoms with van der Waals surface area (Å²) in [6, 6.07) is 12.1. The SMILES string of the molecule is O=C(c1cccc(-c2ccc(Cl)cn2)c1)N1CCC(N2CCCC2)CC1.